The number of carbonyl (C=O) groups is 2. The molecule has 0 saturated carbocycles. The number of hydrogen-bond acceptors (Lipinski definition) is 3. The summed E-state index contributed by atoms with van der Waals surface area (Å²) in [5, 5.41) is 2.93. The second kappa shape index (κ2) is 6.48. The maximum Gasteiger partial charge on any atom is 0.416 e. The zero-order chi connectivity index (χ0) is 16.3. The van der Waals surface area contributed by atoms with E-state index in [-0.39, 0.29) is 43.3 Å². The van der Waals surface area contributed by atoms with E-state index in [9.17, 15) is 22.8 Å². The Morgan fingerprint density at radius 1 is 1.18 bits per heavy atom. The molecule has 0 aromatic heterocycles. The molecule has 7 heteroatoms. The number of imide groups is 1. The lowest BCUT2D eigenvalue weighted by Gasteiger charge is -2.21. The normalized spacial score (nSPS) is 17.2. The van der Waals surface area contributed by atoms with Crippen molar-refractivity contribution in [3.8, 4) is 0 Å². The van der Waals surface area contributed by atoms with Gasteiger partial charge in [-0.2, -0.15) is 13.2 Å². The highest BCUT2D eigenvalue weighted by Gasteiger charge is 2.34. The molecule has 1 aliphatic rings. The maximum absolute atomic E-state index is 13.0. The first-order chi connectivity index (χ1) is 10.3. The average molecular weight is 314 g/mol. The topological polar surface area (TPSA) is 49.4 Å². The van der Waals surface area contributed by atoms with Crippen molar-refractivity contribution in [2.24, 2.45) is 0 Å². The number of rotatable bonds is 5. The van der Waals surface area contributed by atoms with E-state index < -0.39 is 17.8 Å². The van der Waals surface area contributed by atoms with Crippen LogP contribution >= 0.6 is 0 Å². The third-order valence-corrected chi connectivity index (χ3v) is 3.67. The summed E-state index contributed by atoms with van der Waals surface area (Å²) in [5.41, 5.74) is -0.530. The summed E-state index contributed by atoms with van der Waals surface area (Å²) < 4.78 is 38.9. The van der Waals surface area contributed by atoms with Crippen LogP contribution in [0.3, 0.4) is 0 Å². The molecule has 22 heavy (non-hydrogen) atoms. The molecule has 4 nitrogen and oxygen atoms in total. The summed E-state index contributed by atoms with van der Waals surface area (Å²) in [6, 6.07) is 4.83. The van der Waals surface area contributed by atoms with Crippen LogP contribution in [0.1, 0.15) is 36.9 Å². The number of hydrogen-bond donors (Lipinski definition) is 1. The number of benzene rings is 1. The molecule has 0 radical (unpaired) electrons. The Balaban J connectivity index is 1.97. The van der Waals surface area contributed by atoms with Gasteiger partial charge in [0, 0.05) is 32.0 Å². The predicted molar refractivity (Wildman–Crippen MR) is 73.8 cm³/mol. The summed E-state index contributed by atoms with van der Waals surface area (Å²) in [6.07, 6.45) is -3.98. The van der Waals surface area contributed by atoms with Crippen molar-refractivity contribution in [3.63, 3.8) is 0 Å². The quantitative estimate of drug-likeness (QED) is 0.850. The molecule has 1 aromatic carbocycles. The summed E-state index contributed by atoms with van der Waals surface area (Å²) >= 11 is 0. The van der Waals surface area contributed by atoms with Crippen LogP contribution in [0.4, 0.5) is 13.2 Å². The number of halogens is 3. The molecular weight excluding hydrogens is 297 g/mol. The third kappa shape index (κ3) is 3.65. The third-order valence-electron chi connectivity index (χ3n) is 3.67. The lowest BCUT2D eigenvalue weighted by Crippen LogP contribution is -2.36. The first-order valence-corrected chi connectivity index (χ1v) is 7.03. The molecule has 1 aromatic rings. The van der Waals surface area contributed by atoms with Gasteiger partial charge < -0.3 is 5.32 Å². The van der Waals surface area contributed by atoms with E-state index in [4.69, 9.17) is 0 Å². The van der Waals surface area contributed by atoms with E-state index >= 15 is 0 Å². The van der Waals surface area contributed by atoms with Crippen molar-refractivity contribution < 1.29 is 22.8 Å². The molecule has 1 fully saturated rings. The van der Waals surface area contributed by atoms with E-state index in [0.29, 0.717) is 0 Å². The Bertz CT molecular complexity index is 556. The fourth-order valence-corrected chi connectivity index (χ4v) is 2.51. The van der Waals surface area contributed by atoms with Gasteiger partial charge in [-0.05, 0) is 18.6 Å². The van der Waals surface area contributed by atoms with Crippen molar-refractivity contribution in [3.05, 3.63) is 35.4 Å². The molecule has 0 bridgehead atoms. The highest BCUT2D eigenvalue weighted by atomic mass is 19.4. The van der Waals surface area contributed by atoms with Crippen LogP contribution in [-0.4, -0.2) is 29.8 Å². The van der Waals surface area contributed by atoms with Gasteiger partial charge in [0.1, 0.15) is 0 Å². The van der Waals surface area contributed by atoms with Gasteiger partial charge in [-0.25, -0.2) is 0 Å². The van der Waals surface area contributed by atoms with E-state index in [1.807, 2.05) is 0 Å². The van der Waals surface area contributed by atoms with E-state index in [1.165, 1.54) is 12.1 Å². The van der Waals surface area contributed by atoms with Gasteiger partial charge in [-0.15, -0.1) is 0 Å². The van der Waals surface area contributed by atoms with Crippen molar-refractivity contribution in [1.82, 2.24) is 10.2 Å². The van der Waals surface area contributed by atoms with Crippen LogP contribution in [0, 0.1) is 0 Å². The standard InChI is InChI=1S/C15H17F3N2O2/c1-10(11-4-2-3-5-12(11)15(16,17)18)19-8-9-20-13(21)6-7-14(20)22/h2-5,10,19H,6-9H2,1H3/t10-/m1/s1. The molecule has 1 saturated heterocycles. The Labute approximate surface area is 126 Å². The smallest absolute Gasteiger partial charge is 0.308 e. The average Bonchev–Trinajstić information content (AvgIpc) is 2.78. The van der Waals surface area contributed by atoms with Crippen molar-refractivity contribution in [2.45, 2.75) is 32.0 Å². The Morgan fingerprint density at radius 2 is 1.77 bits per heavy atom. The fourth-order valence-electron chi connectivity index (χ4n) is 2.51. The van der Waals surface area contributed by atoms with Crippen LogP contribution in [0.15, 0.2) is 24.3 Å². The second-order valence-corrected chi connectivity index (χ2v) is 5.20. The van der Waals surface area contributed by atoms with Crippen molar-refractivity contribution >= 4 is 11.8 Å². The number of likely N-dealkylation sites (tertiary alicyclic amines) is 1. The highest BCUT2D eigenvalue weighted by Crippen LogP contribution is 2.34. The molecular formula is C15H17F3N2O2. The second-order valence-electron chi connectivity index (χ2n) is 5.20. The van der Waals surface area contributed by atoms with Gasteiger partial charge in [0.25, 0.3) is 0 Å². The van der Waals surface area contributed by atoms with Gasteiger partial charge in [0.15, 0.2) is 0 Å². The molecule has 1 aliphatic heterocycles. The van der Waals surface area contributed by atoms with Gasteiger partial charge in [0.05, 0.1) is 5.56 Å². The summed E-state index contributed by atoms with van der Waals surface area (Å²) in [7, 11) is 0. The van der Waals surface area contributed by atoms with Gasteiger partial charge in [-0.3, -0.25) is 14.5 Å². The van der Waals surface area contributed by atoms with E-state index in [2.05, 4.69) is 5.32 Å². The van der Waals surface area contributed by atoms with E-state index in [0.717, 1.165) is 11.0 Å². The minimum Gasteiger partial charge on any atom is -0.308 e. The first-order valence-electron chi connectivity index (χ1n) is 7.03. The molecule has 1 atom stereocenters. The summed E-state index contributed by atoms with van der Waals surface area (Å²) in [4.78, 5) is 24.0. The summed E-state index contributed by atoms with van der Waals surface area (Å²) in [6.45, 7) is 2.05. The van der Waals surface area contributed by atoms with Gasteiger partial charge in [-0.1, -0.05) is 18.2 Å². The molecule has 1 N–H and O–H groups in total. The van der Waals surface area contributed by atoms with Crippen molar-refractivity contribution in [1.29, 1.82) is 0 Å². The minimum absolute atomic E-state index is 0.147. The number of nitrogens with one attached hydrogen (secondary N) is 1. The van der Waals surface area contributed by atoms with Gasteiger partial charge in [0.2, 0.25) is 11.8 Å². The van der Waals surface area contributed by atoms with Crippen molar-refractivity contribution in [2.75, 3.05) is 13.1 Å². The number of carbonyl (C=O) groups excluding carboxylic acids is 2. The van der Waals surface area contributed by atoms with E-state index in [1.54, 1.807) is 13.0 Å². The largest absolute Gasteiger partial charge is 0.416 e. The molecule has 2 amide bonds. The maximum atomic E-state index is 13.0. The SMILES string of the molecule is C[C@@H](NCCN1C(=O)CCC1=O)c1ccccc1C(F)(F)F. The molecule has 120 valence electrons. The number of alkyl halides is 3. The minimum atomic E-state index is -4.41. The molecule has 2 rings (SSSR count). The highest BCUT2D eigenvalue weighted by molar-refractivity contribution is 6.01. The lowest BCUT2D eigenvalue weighted by molar-refractivity contribution is -0.139. The van der Waals surface area contributed by atoms with Crippen LogP contribution < -0.4 is 5.32 Å². The van der Waals surface area contributed by atoms with Crippen LogP contribution in [0.5, 0.6) is 0 Å². The predicted octanol–water partition coefficient (Wildman–Crippen LogP) is 2.51. The number of amides is 2. The van der Waals surface area contributed by atoms with Crippen LogP contribution in [-0.2, 0) is 15.8 Å². The summed E-state index contributed by atoms with van der Waals surface area (Å²) in [5.74, 6) is -0.453. The molecule has 0 unspecified atom stereocenters. The molecule has 0 aliphatic carbocycles. The monoisotopic (exact) mass is 314 g/mol. The van der Waals surface area contributed by atoms with Crippen LogP contribution in [0.25, 0.3) is 0 Å². The zero-order valence-electron chi connectivity index (χ0n) is 12.1. The first kappa shape index (κ1) is 16.5. The van der Waals surface area contributed by atoms with Crippen LogP contribution in [0.2, 0.25) is 0 Å². The van der Waals surface area contributed by atoms with Gasteiger partial charge >= 0.3 is 6.18 Å². The Hall–Kier alpha value is -1.89. The zero-order valence-corrected chi connectivity index (χ0v) is 12.1. The molecule has 1 heterocycles. The number of nitrogens with zero attached hydrogens (tertiary/aromatic N) is 1. The lowest BCUT2D eigenvalue weighted by atomic mass is 10.0. The Kier molecular flexibility index (Phi) is 4.85. The Morgan fingerprint density at radius 3 is 2.36 bits per heavy atom. The molecule has 0 spiro atoms. The fraction of sp³-hybridized carbons (Fsp3) is 0.467.